The summed E-state index contributed by atoms with van der Waals surface area (Å²) in [4.78, 5) is 40.0. The largest absolute Gasteiger partial charge is 0.384 e. The van der Waals surface area contributed by atoms with Gasteiger partial charge in [0.1, 0.15) is 6.04 Å². The number of rotatable bonds is 8. The molecule has 1 saturated heterocycles. The average Bonchev–Trinajstić information content (AvgIpc) is 3.34. The molecular formula is C27H40ClN3O4. The number of carbonyl (C=O) groups is 3. The number of hydrogen-bond donors (Lipinski definition) is 3. The van der Waals surface area contributed by atoms with Crippen LogP contribution in [0.4, 0.5) is 0 Å². The number of benzene rings is 1. The standard InChI is InChI=1S/C27H40ClN3O4/c1-18(2)23(30-22(32)13-15-29-24(33)19-7-5-6-8-19)25(34)31-16-14-27(35,26(3,4)17-31)20-9-11-21(28)12-10-20/h9-12,18-19,23,35H,5-8,13-17H2,1-4H3,(H,29,33)(H,30,32)/t23-,27+/m1/s1. The Labute approximate surface area is 214 Å². The van der Waals surface area contributed by atoms with Crippen molar-refractivity contribution in [1.29, 1.82) is 0 Å². The van der Waals surface area contributed by atoms with Gasteiger partial charge >= 0.3 is 0 Å². The van der Waals surface area contributed by atoms with Crippen LogP contribution in [0.2, 0.25) is 5.02 Å². The van der Waals surface area contributed by atoms with Gasteiger partial charge in [-0.05, 0) is 42.9 Å². The van der Waals surface area contributed by atoms with Gasteiger partial charge in [-0.3, -0.25) is 14.4 Å². The predicted octanol–water partition coefficient (Wildman–Crippen LogP) is 3.62. The molecule has 0 spiro atoms. The van der Waals surface area contributed by atoms with E-state index in [-0.39, 0.29) is 42.5 Å². The molecule has 3 amide bonds. The molecule has 1 saturated carbocycles. The molecule has 1 aromatic rings. The van der Waals surface area contributed by atoms with Crippen LogP contribution in [0, 0.1) is 17.3 Å². The van der Waals surface area contributed by atoms with Crippen LogP contribution in [0.1, 0.15) is 71.8 Å². The first-order valence-electron chi connectivity index (χ1n) is 12.8. The maximum Gasteiger partial charge on any atom is 0.245 e. The third-order valence-corrected chi connectivity index (χ3v) is 7.96. The smallest absolute Gasteiger partial charge is 0.245 e. The summed E-state index contributed by atoms with van der Waals surface area (Å²) in [7, 11) is 0. The fraction of sp³-hybridized carbons (Fsp3) is 0.667. The number of nitrogens with zero attached hydrogens (tertiary/aromatic N) is 1. The van der Waals surface area contributed by atoms with Crippen molar-refractivity contribution < 1.29 is 19.5 Å². The van der Waals surface area contributed by atoms with Crippen LogP contribution in [0.25, 0.3) is 0 Å². The van der Waals surface area contributed by atoms with Gasteiger partial charge in [-0.1, -0.05) is 64.3 Å². The Bertz CT molecular complexity index is 912. The summed E-state index contributed by atoms with van der Waals surface area (Å²) >= 11 is 6.02. The minimum Gasteiger partial charge on any atom is -0.384 e. The molecule has 3 rings (SSSR count). The number of carbonyl (C=O) groups excluding carboxylic acids is 3. The van der Waals surface area contributed by atoms with E-state index in [0.29, 0.717) is 24.5 Å². The first kappa shape index (κ1) is 27.5. The Hall–Kier alpha value is -2.12. The molecule has 1 aliphatic carbocycles. The molecular weight excluding hydrogens is 466 g/mol. The molecule has 0 bridgehead atoms. The highest BCUT2D eigenvalue weighted by atomic mass is 35.5. The highest BCUT2D eigenvalue weighted by Crippen LogP contribution is 2.46. The quantitative estimate of drug-likeness (QED) is 0.502. The van der Waals surface area contributed by atoms with E-state index in [1.807, 2.05) is 39.8 Å². The normalized spacial score (nSPS) is 23.2. The molecule has 0 unspecified atom stereocenters. The van der Waals surface area contributed by atoms with Crippen molar-refractivity contribution in [3.8, 4) is 0 Å². The number of aliphatic hydroxyl groups is 1. The Morgan fingerprint density at radius 3 is 2.34 bits per heavy atom. The van der Waals surface area contributed by atoms with Gasteiger partial charge in [0.25, 0.3) is 0 Å². The first-order valence-corrected chi connectivity index (χ1v) is 13.2. The van der Waals surface area contributed by atoms with E-state index in [1.54, 1.807) is 17.0 Å². The SMILES string of the molecule is CC(C)[C@@H](NC(=O)CCNC(=O)C1CCCC1)C(=O)N1CC[C@](O)(c2ccc(Cl)cc2)C(C)(C)C1. The third kappa shape index (κ3) is 6.36. The number of halogens is 1. The zero-order valence-corrected chi connectivity index (χ0v) is 22.2. The maximum absolute atomic E-state index is 13.5. The monoisotopic (exact) mass is 505 g/mol. The average molecular weight is 506 g/mol. The fourth-order valence-corrected chi connectivity index (χ4v) is 5.48. The van der Waals surface area contributed by atoms with Crippen LogP contribution in [-0.2, 0) is 20.0 Å². The first-order chi connectivity index (χ1) is 16.4. The summed E-state index contributed by atoms with van der Waals surface area (Å²) in [6.07, 6.45) is 4.53. The van der Waals surface area contributed by atoms with E-state index >= 15 is 0 Å². The van der Waals surface area contributed by atoms with Crippen molar-refractivity contribution in [2.45, 2.75) is 77.9 Å². The van der Waals surface area contributed by atoms with E-state index in [2.05, 4.69) is 10.6 Å². The lowest BCUT2D eigenvalue weighted by atomic mass is 9.66. The summed E-state index contributed by atoms with van der Waals surface area (Å²) in [6, 6.07) is 6.55. The predicted molar refractivity (Wildman–Crippen MR) is 137 cm³/mol. The molecule has 3 N–H and O–H groups in total. The maximum atomic E-state index is 13.5. The number of likely N-dealkylation sites (tertiary alicyclic amines) is 1. The molecule has 2 aliphatic rings. The van der Waals surface area contributed by atoms with Gasteiger partial charge in [-0.2, -0.15) is 0 Å². The van der Waals surface area contributed by atoms with E-state index in [4.69, 9.17) is 11.6 Å². The van der Waals surface area contributed by atoms with Crippen LogP contribution < -0.4 is 10.6 Å². The Morgan fingerprint density at radius 1 is 1.14 bits per heavy atom. The van der Waals surface area contributed by atoms with Crippen LogP contribution in [0.3, 0.4) is 0 Å². The van der Waals surface area contributed by atoms with Gasteiger partial charge in [-0.25, -0.2) is 0 Å². The zero-order valence-electron chi connectivity index (χ0n) is 21.4. The second-order valence-electron chi connectivity index (χ2n) is 11.1. The van der Waals surface area contributed by atoms with Crippen LogP contribution >= 0.6 is 11.6 Å². The number of piperidine rings is 1. The molecule has 2 fully saturated rings. The number of hydrogen-bond acceptors (Lipinski definition) is 4. The molecule has 194 valence electrons. The van der Waals surface area contributed by atoms with Gasteiger partial charge < -0.3 is 20.6 Å². The zero-order chi connectivity index (χ0) is 25.8. The van der Waals surface area contributed by atoms with Gasteiger partial charge in [0.05, 0.1) is 5.60 Å². The summed E-state index contributed by atoms with van der Waals surface area (Å²) in [5.74, 6) is -0.403. The van der Waals surface area contributed by atoms with Crippen LogP contribution in [0.15, 0.2) is 24.3 Å². The lowest BCUT2D eigenvalue weighted by molar-refractivity contribution is -0.156. The summed E-state index contributed by atoms with van der Waals surface area (Å²) < 4.78 is 0. The van der Waals surface area contributed by atoms with Crippen LogP contribution in [-0.4, -0.2) is 53.4 Å². The Kier molecular flexibility index (Phi) is 8.86. The van der Waals surface area contributed by atoms with Crippen molar-refractivity contribution in [3.05, 3.63) is 34.9 Å². The molecule has 35 heavy (non-hydrogen) atoms. The molecule has 1 aromatic carbocycles. The Balaban J connectivity index is 1.58. The second kappa shape index (κ2) is 11.3. The number of nitrogens with one attached hydrogen (secondary N) is 2. The number of amides is 3. The van der Waals surface area contributed by atoms with Gasteiger partial charge in [0, 0.05) is 42.4 Å². The molecule has 0 radical (unpaired) electrons. The van der Waals surface area contributed by atoms with Crippen LogP contribution in [0.5, 0.6) is 0 Å². The molecule has 7 nitrogen and oxygen atoms in total. The van der Waals surface area contributed by atoms with Crippen molar-refractivity contribution in [3.63, 3.8) is 0 Å². The summed E-state index contributed by atoms with van der Waals surface area (Å²) in [6.45, 7) is 8.74. The van der Waals surface area contributed by atoms with Crippen molar-refractivity contribution in [1.82, 2.24) is 15.5 Å². The van der Waals surface area contributed by atoms with Gasteiger partial charge in [0.2, 0.25) is 17.7 Å². The van der Waals surface area contributed by atoms with E-state index in [9.17, 15) is 19.5 Å². The lowest BCUT2D eigenvalue weighted by Gasteiger charge is -2.51. The summed E-state index contributed by atoms with van der Waals surface area (Å²) in [5, 5.41) is 17.9. The molecule has 1 heterocycles. The Morgan fingerprint density at radius 2 is 1.77 bits per heavy atom. The minimum absolute atomic E-state index is 0.0236. The van der Waals surface area contributed by atoms with Crippen molar-refractivity contribution >= 4 is 29.3 Å². The second-order valence-corrected chi connectivity index (χ2v) is 11.5. The third-order valence-electron chi connectivity index (χ3n) is 7.71. The van der Waals surface area contributed by atoms with E-state index in [0.717, 1.165) is 31.2 Å². The van der Waals surface area contributed by atoms with Gasteiger partial charge in [-0.15, -0.1) is 0 Å². The van der Waals surface area contributed by atoms with E-state index in [1.165, 1.54) is 0 Å². The van der Waals surface area contributed by atoms with Crippen molar-refractivity contribution in [2.24, 2.45) is 17.3 Å². The van der Waals surface area contributed by atoms with Gasteiger partial charge in [0.15, 0.2) is 0 Å². The topological polar surface area (TPSA) is 98.7 Å². The molecule has 0 aromatic heterocycles. The fourth-order valence-electron chi connectivity index (χ4n) is 5.36. The lowest BCUT2D eigenvalue weighted by Crippen LogP contribution is -2.60. The molecule has 1 aliphatic heterocycles. The molecule has 8 heteroatoms. The molecule has 2 atom stereocenters. The highest BCUT2D eigenvalue weighted by Gasteiger charge is 2.50. The summed E-state index contributed by atoms with van der Waals surface area (Å²) in [5.41, 5.74) is -0.917. The van der Waals surface area contributed by atoms with Crippen molar-refractivity contribution in [2.75, 3.05) is 19.6 Å². The van der Waals surface area contributed by atoms with E-state index < -0.39 is 17.1 Å². The highest BCUT2D eigenvalue weighted by molar-refractivity contribution is 6.30. The minimum atomic E-state index is -1.09.